The van der Waals surface area contributed by atoms with E-state index in [9.17, 15) is 9.59 Å². The lowest BCUT2D eigenvalue weighted by atomic mass is 10.1. The fourth-order valence-corrected chi connectivity index (χ4v) is 3.56. The molecule has 7 nitrogen and oxygen atoms in total. The Balaban J connectivity index is 1.51. The fourth-order valence-electron chi connectivity index (χ4n) is 3.56. The largest absolute Gasteiger partial charge is 0.337 e. The van der Waals surface area contributed by atoms with Gasteiger partial charge in [-0.25, -0.2) is 4.98 Å². The van der Waals surface area contributed by atoms with Gasteiger partial charge in [0.2, 0.25) is 11.7 Å². The third kappa shape index (κ3) is 2.11. The van der Waals surface area contributed by atoms with Crippen LogP contribution in [0.1, 0.15) is 36.3 Å². The fraction of sp³-hybridized carbons (Fsp3) is 0.714. The zero-order valence-corrected chi connectivity index (χ0v) is 12.1. The van der Waals surface area contributed by atoms with Crippen LogP contribution in [0.5, 0.6) is 0 Å². The number of carbonyl (C=O) groups excluding carboxylic acids is 2. The predicted octanol–water partition coefficient (Wildman–Crippen LogP) is 0.0405. The van der Waals surface area contributed by atoms with Crippen LogP contribution in [0.2, 0.25) is 0 Å². The molecular formula is C14H19N5O2. The Morgan fingerprint density at radius 2 is 2.14 bits per heavy atom. The van der Waals surface area contributed by atoms with Gasteiger partial charge in [0.1, 0.15) is 6.33 Å². The maximum atomic E-state index is 12.5. The second-order valence-corrected chi connectivity index (χ2v) is 6.36. The van der Waals surface area contributed by atoms with Crippen LogP contribution < -0.4 is 0 Å². The van der Waals surface area contributed by atoms with Gasteiger partial charge in [-0.2, -0.15) is 0 Å². The molecule has 0 spiro atoms. The normalized spacial score (nSPS) is 28.3. The highest BCUT2D eigenvalue weighted by molar-refractivity contribution is 5.92. The van der Waals surface area contributed by atoms with E-state index < -0.39 is 0 Å². The molecule has 7 heteroatoms. The van der Waals surface area contributed by atoms with E-state index in [-0.39, 0.29) is 29.7 Å². The topological polar surface area (TPSA) is 71.3 Å². The maximum Gasteiger partial charge on any atom is 0.293 e. The van der Waals surface area contributed by atoms with Crippen LogP contribution in [0, 0.1) is 5.92 Å². The molecule has 1 aromatic heterocycles. The smallest absolute Gasteiger partial charge is 0.293 e. The number of rotatable bonds is 3. The van der Waals surface area contributed by atoms with E-state index in [0.29, 0.717) is 18.9 Å². The second kappa shape index (κ2) is 4.54. The average Bonchev–Trinajstić information content (AvgIpc) is 2.89. The molecule has 3 heterocycles. The molecule has 0 radical (unpaired) electrons. The van der Waals surface area contributed by atoms with E-state index in [1.807, 2.05) is 4.90 Å². The van der Waals surface area contributed by atoms with Crippen molar-refractivity contribution in [2.24, 2.45) is 13.0 Å². The highest BCUT2D eigenvalue weighted by atomic mass is 16.2. The summed E-state index contributed by atoms with van der Waals surface area (Å²) in [7, 11) is 1.74. The number of hydrogen-bond acceptors (Lipinski definition) is 4. The number of fused-ring (bicyclic) bond motifs is 1. The number of aryl methyl sites for hydroxylation is 1. The first kappa shape index (κ1) is 12.8. The minimum absolute atomic E-state index is 0.00700. The number of likely N-dealkylation sites (tertiary alicyclic amines) is 2. The van der Waals surface area contributed by atoms with Crippen molar-refractivity contribution in [3.05, 3.63) is 12.2 Å². The Morgan fingerprint density at radius 3 is 2.81 bits per heavy atom. The summed E-state index contributed by atoms with van der Waals surface area (Å²) in [6.07, 6.45) is 5.33. The van der Waals surface area contributed by atoms with Crippen LogP contribution in [-0.4, -0.2) is 61.6 Å². The van der Waals surface area contributed by atoms with Crippen molar-refractivity contribution in [3.8, 4) is 0 Å². The van der Waals surface area contributed by atoms with Gasteiger partial charge in [-0.15, -0.1) is 5.10 Å². The molecule has 1 saturated carbocycles. The highest BCUT2D eigenvalue weighted by Gasteiger charge is 2.49. The second-order valence-electron chi connectivity index (χ2n) is 6.36. The van der Waals surface area contributed by atoms with Gasteiger partial charge in [-0.1, -0.05) is 0 Å². The first-order valence-corrected chi connectivity index (χ1v) is 7.59. The molecule has 21 heavy (non-hydrogen) atoms. The van der Waals surface area contributed by atoms with Gasteiger partial charge in [0.25, 0.3) is 5.91 Å². The van der Waals surface area contributed by atoms with Gasteiger partial charge in [-0.05, 0) is 25.2 Å². The molecule has 0 aromatic carbocycles. The van der Waals surface area contributed by atoms with Crippen LogP contribution >= 0.6 is 0 Å². The summed E-state index contributed by atoms with van der Waals surface area (Å²) in [4.78, 5) is 32.6. The molecule has 1 aromatic rings. The van der Waals surface area contributed by atoms with Crippen molar-refractivity contribution in [1.82, 2.24) is 24.6 Å². The molecule has 112 valence electrons. The standard InChI is InChI=1S/C14H19N5O2/c1-17-8-15-13(16-17)14(21)18-5-4-10-11(18)6-12(20)19(10)7-9-2-3-9/h8-11H,2-7H2,1H3/t10-,11+/m1/s1. The van der Waals surface area contributed by atoms with Crippen LogP contribution in [0.3, 0.4) is 0 Å². The molecule has 2 saturated heterocycles. The minimum atomic E-state index is -0.149. The zero-order valence-electron chi connectivity index (χ0n) is 12.1. The SMILES string of the molecule is Cn1cnc(C(=O)N2CC[C@@H]3[C@@H]2CC(=O)N3CC2CC2)n1. The van der Waals surface area contributed by atoms with E-state index in [2.05, 4.69) is 10.1 Å². The van der Waals surface area contributed by atoms with Gasteiger partial charge in [0.05, 0.1) is 12.1 Å². The van der Waals surface area contributed by atoms with Crippen LogP contribution in [0.25, 0.3) is 0 Å². The maximum absolute atomic E-state index is 12.5. The van der Waals surface area contributed by atoms with Gasteiger partial charge in [0.15, 0.2) is 0 Å². The van der Waals surface area contributed by atoms with Gasteiger partial charge >= 0.3 is 0 Å². The van der Waals surface area contributed by atoms with E-state index in [0.717, 1.165) is 13.0 Å². The molecule has 2 aliphatic heterocycles. The Labute approximate surface area is 122 Å². The lowest BCUT2D eigenvalue weighted by Crippen LogP contribution is -2.40. The highest BCUT2D eigenvalue weighted by Crippen LogP contribution is 2.37. The van der Waals surface area contributed by atoms with E-state index in [4.69, 9.17) is 0 Å². The number of nitrogens with zero attached hydrogens (tertiary/aromatic N) is 5. The van der Waals surface area contributed by atoms with E-state index in [1.165, 1.54) is 23.9 Å². The van der Waals surface area contributed by atoms with Crippen molar-refractivity contribution < 1.29 is 9.59 Å². The summed E-state index contributed by atoms with van der Waals surface area (Å²) in [5.74, 6) is 0.966. The number of amides is 2. The molecule has 2 atom stereocenters. The summed E-state index contributed by atoms with van der Waals surface area (Å²) >= 11 is 0. The number of aromatic nitrogens is 3. The summed E-state index contributed by atoms with van der Waals surface area (Å²) in [6.45, 7) is 1.57. The first-order chi connectivity index (χ1) is 10.1. The zero-order chi connectivity index (χ0) is 14.6. The van der Waals surface area contributed by atoms with Gasteiger partial charge < -0.3 is 9.80 Å². The molecule has 0 unspecified atom stereocenters. The number of carbonyl (C=O) groups is 2. The molecule has 0 N–H and O–H groups in total. The molecular weight excluding hydrogens is 270 g/mol. The van der Waals surface area contributed by atoms with Crippen molar-refractivity contribution in [3.63, 3.8) is 0 Å². The molecule has 3 aliphatic rings. The third-order valence-corrected chi connectivity index (χ3v) is 4.82. The average molecular weight is 289 g/mol. The molecule has 2 amide bonds. The van der Waals surface area contributed by atoms with E-state index in [1.54, 1.807) is 11.9 Å². The van der Waals surface area contributed by atoms with Crippen molar-refractivity contribution >= 4 is 11.8 Å². The lowest BCUT2D eigenvalue weighted by molar-refractivity contribution is -0.129. The quantitative estimate of drug-likeness (QED) is 0.787. The van der Waals surface area contributed by atoms with Crippen molar-refractivity contribution in [1.29, 1.82) is 0 Å². The Morgan fingerprint density at radius 1 is 1.33 bits per heavy atom. The Bertz CT molecular complexity index is 594. The molecule has 0 bridgehead atoms. The first-order valence-electron chi connectivity index (χ1n) is 7.59. The monoisotopic (exact) mass is 289 g/mol. The molecule has 3 fully saturated rings. The Hall–Kier alpha value is -1.92. The summed E-state index contributed by atoms with van der Waals surface area (Å²) < 4.78 is 1.53. The minimum Gasteiger partial charge on any atom is -0.337 e. The third-order valence-electron chi connectivity index (χ3n) is 4.82. The Kier molecular flexibility index (Phi) is 2.77. The van der Waals surface area contributed by atoms with Crippen LogP contribution in [-0.2, 0) is 11.8 Å². The lowest BCUT2D eigenvalue weighted by Gasteiger charge is -2.24. The molecule has 4 rings (SSSR count). The summed E-state index contributed by atoms with van der Waals surface area (Å²) in [5, 5.41) is 4.08. The van der Waals surface area contributed by atoms with Crippen LogP contribution in [0.15, 0.2) is 6.33 Å². The van der Waals surface area contributed by atoms with Gasteiger partial charge in [0, 0.05) is 26.6 Å². The van der Waals surface area contributed by atoms with Gasteiger partial charge in [-0.3, -0.25) is 14.3 Å². The summed E-state index contributed by atoms with van der Waals surface area (Å²) in [6, 6.07) is 0.207. The van der Waals surface area contributed by atoms with E-state index >= 15 is 0 Å². The predicted molar refractivity (Wildman–Crippen MR) is 73.3 cm³/mol. The van der Waals surface area contributed by atoms with Crippen molar-refractivity contribution in [2.75, 3.05) is 13.1 Å². The summed E-state index contributed by atoms with van der Waals surface area (Å²) in [5.41, 5.74) is 0. The molecule has 1 aliphatic carbocycles. The van der Waals surface area contributed by atoms with Crippen LogP contribution in [0.4, 0.5) is 0 Å². The number of hydrogen-bond donors (Lipinski definition) is 0. The van der Waals surface area contributed by atoms with Crippen molar-refractivity contribution in [2.45, 2.75) is 37.8 Å².